The fraction of sp³-hybridized carbons (Fsp3) is 0.364. The summed E-state index contributed by atoms with van der Waals surface area (Å²) < 4.78 is 29.0. The molecule has 1 heterocycles. The zero-order chi connectivity index (χ0) is 20.8. The first-order valence-electron chi connectivity index (χ1n) is 9.65. The third kappa shape index (κ3) is 5.56. The summed E-state index contributed by atoms with van der Waals surface area (Å²) >= 11 is 1.65. The highest BCUT2D eigenvalue weighted by atomic mass is 32.2. The van der Waals surface area contributed by atoms with E-state index in [2.05, 4.69) is 30.7 Å². The molecule has 1 unspecified atom stereocenters. The molecule has 0 N–H and O–H groups in total. The minimum absolute atomic E-state index is 0.0325. The van der Waals surface area contributed by atoms with Gasteiger partial charge in [0.25, 0.3) is 0 Å². The number of carbonyl (C=O) groups is 1. The molecule has 7 heteroatoms. The predicted octanol–water partition coefficient (Wildman–Crippen LogP) is 5.42. The Labute approximate surface area is 174 Å². The Bertz CT molecular complexity index is 854. The average molecular weight is 419 g/mol. The molecule has 4 nitrogen and oxygen atoms in total. The maximum Gasteiger partial charge on any atom is 0.387 e. The van der Waals surface area contributed by atoms with Crippen LogP contribution in [0.15, 0.2) is 53.5 Å². The third-order valence-electron chi connectivity index (χ3n) is 4.76. The number of carbonyl (C=O) groups excluding carboxylic acids is 1. The van der Waals surface area contributed by atoms with Crippen molar-refractivity contribution in [3.63, 3.8) is 0 Å². The van der Waals surface area contributed by atoms with Gasteiger partial charge in [-0.05, 0) is 54.8 Å². The number of thioether (sulfide) groups is 1. The molecular weight excluding hydrogens is 394 g/mol. The van der Waals surface area contributed by atoms with Gasteiger partial charge in [-0.3, -0.25) is 9.79 Å². The Morgan fingerprint density at radius 2 is 1.86 bits per heavy atom. The van der Waals surface area contributed by atoms with Gasteiger partial charge in [-0.1, -0.05) is 37.7 Å². The van der Waals surface area contributed by atoms with Crippen LogP contribution in [0, 0.1) is 0 Å². The minimum atomic E-state index is -2.89. The van der Waals surface area contributed by atoms with Gasteiger partial charge in [0.15, 0.2) is 11.0 Å². The monoisotopic (exact) mass is 418 g/mol. The quantitative estimate of drug-likeness (QED) is 0.537. The first-order valence-corrected chi connectivity index (χ1v) is 10.6. The highest BCUT2D eigenvalue weighted by Gasteiger charge is 2.25. The Morgan fingerprint density at radius 3 is 2.41 bits per heavy atom. The lowest BCUT2D eigenvalue weighted by Gasteiger charge is -2.23. The van der Waals surface area contributed by atoms with Crippen molar-refractivity contribution in [1.82, 2.24) is 0 Å². The van der Waals surface area contributed by atoms with Gasteiger partial charge in [0.1, 0.15) is 5.75 Å². The SMILES string of the molecule is CCc1ccc(N(CC(=O)c2ccc(OC(F)F)cc2)C2=NC(CC)CS2)cc1. The van der Waals surface area contributed by atoms with Crippen molar-refractivity contribution in [2.45, 2.75) is 39.3 Å². The number of nitrogens with zero attached hydrogens (tertiary/aromatic N) is 2. The van der Waals surface area contributed by atoms with Crippen LogP contribution in [-0.2, 0) is 6.42 Å². The van der Waals surface area contributed by atoms with Crippen LogP contribution >= 0.6 is 11.8 Å². The van der Waals surface area contributed by atoms with E-state index in [9.17, 15) is 13.6 Å². The number of alkyl halides is 2. The third-order valence-corrected chi connectivity index (χ3v) is 5.89. The summed E-state index contributed by atoms with van der Waals surface area (Å²) in [4.78, 5) is 19.6. The molecule has 29 heavy (non-hydrogen) atoms. The van der Waals surface area contributed by atoms with E-state index >= 15 is 0 Å². The van der Waals surface area contributed by atoms with E-state index in [1.165, 1.54) is 29.8 Å². The van der Waals surface area contributed by atoms with Crippen molar-refractivity contribution in [1.29, 1.82) is 0 Å². The molecule has 1 aliphatic rings. The molecule has 1 aliphatic heterocycles. The Kier molecular flexibility index (Phi) is 7.25. The maximum atomic E-state index is 12.9. The molecule has 2 aromatic rings. The summed E-state index contributed by atoms with van der Waals surface area (Å²) in [7, 11) is 0. The van der Waals surface area contributed by atoms with Gasteiger partial charge in [-0.25, -0.2) is 0 Å². The molecule has 1 atom stereocenters. The lowest BCUT2D eigenvalue weighted by Crippen LogP contribution is -2.33. The number of rotatable bonds is 8. The van der Waals surface area contributed by atoms with Gasteiger partial charge in [0, 0.05) is 17.0 Å². The summed E-state index contributed by atoms with van der Waals surface area (Å²) in [6.45, 7) is 1.44. The molecule has 154 valence electrons. The van der Waals surface area contributed by atoms with Crippen molar-refractivity contribution >= 4 is 28.4 Å². The molecule has 0 aromatic heterocycles. The molecule has 0 saturated heterocycles. The van der Waals surface area contributed by atoms with E-state index in [-0.39, 0.29) is 24.1 Å². The van der Waals surface area contributed by atoms with Crippen LogP contribution in [-0.4, -0.2) is 35.9 Å². The van der Waals surface area contributed by atoms with Gasteiger partial charge in [0.2, 0.25) is 0 Å². The number of ketones is 1. The molecule has 0 aliphatic carbocycles. The molecule has 2 aromatic carbocycles. The van der Waals surface area contributed by atoms with Gasteiger partial charge in [0.05, 0.1) is 12.6 Å². The van der Waals surface area contributed by atoms with Crippen LogP contribution in [0.3, 0.4) is 0 Å². The molecule has 0 amide bonds. The summed E-state index contributed by atoms with van der Waals surface area (Å²) in [5.74, 6) is 0.824. The topological polar surface area (TPSA) is 41.9 Å². The van der Waals surface area contributed by atoms with Gasteiger partial charge in [-0.15, -0.1) is 0 Å². The molecule has 0 radical (unpaired) electrons. The van der Waals surface area contributed by atoms with E-state index in [0.717, 1.165) is 29.4 Å². The van der Waals surface area contributed by atoms with Crippen molar-refractivity contribution in [2.75, 3.05) is 17.2 Å². The molecule has 0 saturated carbocycles. The van der Waals surface area contributed by atoms with Crippen LogP contribution < -0.4 is 9.64 Å². The fourth-order valence-electron chi connectivity index (χ4n) is 3.00. The van der Waals surface area contributed by atoms with Crippen LogP contribution in [0.4, 0.5) is 14.5 Å². The first-order chi connectivity index (χ1) is 14.0. The number of Topliss-reactive ketones (excluding diaryl/α,β-unsaturated/α-hetero) is 1. The van der Waals surface area contributed by atoms with Gasteiger partial charge >= 0.3 is 6.61 Å². The molecule has 0 spiro atoms. The van der Waals surface area contributed by atoms with Crippen molar-refractivity contribution in [3.8, 4) is 5.75 Å². The molecule has 0 fully saturated rings. The second kappa shape index (κ2) is 9.87. The standard InChI is InChI=1S/C22H24F2N2O2S/c1-3-15-5-9-18(10-6-15)26(22-25-17(4-2)14-29-22)13-20(27)16-7-11-19(12-8-16)28-21(23)24/h5-12,17,21H,3-4,13-14H2,1-2H3. The molecular formula is C22H24F2N2O2S. The summed E-state index contributed by atoms with van der Waals surface area (Å²) in [5, 5.41) is 0.840. The number of benzene rings is 2. The smallest absolute Gasteiger partial charge is 0.387 e. The predicted molar refractivity (Wildman–Crippen MR) is 115 cm³/mol. The van der Waals surface area contributed by atoms with Crippen LogP contribution in [0.2, 0.25) is 0 Å². The van der Waals surface area contributed by atoms with E-state index < -0.39 is 6.61 Å². The normalized spacial score (nSPS) is 16.0. The zero-order valence-electron chi connectivity index (χ0n) is 16.5. The summed E-state index contributed by atoms with van der Waals surface area (Å²) in [5.41, 5.74) is 2.58. The highest BCUT2D eigenvalue weighted by Crippen LogP contribution is 2.28. The number of aliphatic imine (C=N–C) groups is 1. The second-order valence-electron chi connectivity index (χ2n) is 6.72. The van der Waals surface area contributed by atoms with Crippen LogP contribution in [0.1, 0.15) is 36.2 Å². The van der Waals surface area contributed by atoms with E-state index in [0.29, 0.717) is 5.56 Å². The number of ether oxygens (including phenoxy) is 1. The number of amidine groups is 1. The van der Waals surface area contributed by atoms with Gasteiger partial charge in [-0.2, -0.15) is 8.78 Å². The molecule has 0 bridgehead atoms. The highest BCUT2D eigenvalue weighted by molar-refractivity contribution is 8.14. The Balaban J connectivity index is 1.81. The minimum Gasteiger partial charge on any atom is -0.435 e. The fourth-order valence-corrected chi connectivity index (χ4v) is 4.20. The molecule has 3 rings (SSSR count). The van der Waals surface area contributed by atoms with Crippen molar-refractivity contribution < 1.29 is 18.3 Å². The number of hydrogen-bond donors (Lipinski definition) is 0. The largest absolute Gasteiger partial charge is 0.435 e. The van der Waals surface area contributed by atoms with Crippen molar-refractivity contribution in [2.24, 2.45) is 4.99 Å². The van der Waals surface area contributed by atoms with E-state index in [1.54, 1.807) is 11.8 Å². The lowest BCUT2D eigenvalue weighted by molar-refractivity contribution is -0.0498. The number of anilines is 1. The lowest BCUT2D eigenvalue weighted by atomic mass is 10.1. The first kappa shape index (κ1) is 21.3. The van der Waals surface area contributed by atoms with Crippen molar-refractivity contribution in [3.05, 3.63) is 59.7 Å². The van der Waals surface area contributed by atoms with Gasteiger partial charge < -0.3 is 9.64 Å². The van der Waals surface area contributed by atoms with E-state index in [4.69, 9.17) is 4.99 Å². The Morgan fingerprint density at radius 1 is 1.17 bits per heavy atom. The van der Waals surface area contributed by atoms with E-state index in [1.807, 2.05) is 17.0 Å². The van der Waals surface area contributed by atoms with Crippen LogP contribution in [0.25, 0.3) is 0 Å². The number of hydrogen-bond acceptors (Lipinski definition) is 5. The second-order valence-corrected chi connectivity index (χ2v) is 7.70. The Hall–Kier alpha value is -2.41. The van der Waals surface area contributed by atoms with Crippen LogP contribution in [0.5, 0.6) is 5.75 Å². The summed E-state index contributed by atoms with van der Waals surface area (Å²) in [6, 6.07) is 14.2. The maximum absolute atomic E-state index is 12.9. The number of halogens is 2. The average Bonchev–Trinajstić information content (AvgIpc) is 3.21. The summed E-state index contributed by atoms with van der Waals surface area (Å²) in [6.07, 6.45) is 1.90. The number of aryl methyl sites for hydroxylation is 1. The zero-order valence-corrected chi connectivity index (χ0v) is 17.3.